The molecule has 5 heteroatoms. The number of rotatable bonds is 2. The van der Waals surface area contributed by atoms with Gasteiger partial charge < -0.3 is 0 Å². The lowest BCUT2D eigenvalue weighted by Gasteiger charge is -1.98. The van der Waals surface area contributed by atoms with Crippen molar-refractivity contribution < 1.29 is 0 Å². The summed E-state index contributed by atoms with van der Waals surface area (Å²) in [4.78, 5) is 22.1. The van der Waals surface area contributed by atoms with Crippen molar-refractivity contribution in [3.05, 3.63) is 40.2 Å². The van der Waals surface area contributed by atoms with Crippen molar-refractivity contribution in [2.24, 2.45) is 0 Å². The number of aromatic nitrogens is 3. The second-order valence-corrected chi connectivity index (χ2v) is 1.95. The molecule has 62 valence electrons. The summed E-state index contributed by atoms with van der Waals surface area (Å²) in [5.41, 5.74) is -1.08. The Hall–Kier alpha value is -1.91. The van der Waals surface area contributed by atoms with Gasteiger partial charge in [-0.15, -0.1) is 0 Å². The highest BCUT2D eigenvalue weighted by Gasteiger charge is 1.98. The quantitative estimate of drug-likeness (QED) is 0.599. The lowest BCUT2D eigenvalue weighted by atomic mass is 10.7. The molecule has 1 heterocycles. The SMILES string of the molecule is C=Cn1ncc(=O)n(C=C)c1=O. The standard InChI is InChI=1S/C7H7N3O2/c1-3-9-6(11)5-8-10(4-2)7(9)12/h3-5H,1-2H2. The van der Waals surface area contributed by atoms with Gasteiger partial charge in [-0.1, -0.05) is 13.2 Å². The molecule has 0 aliphatic heterocycles. The summed E-state index contributed by atoms with van der Waals surface area (Å²) in [5.74, 6) is 0. The molecule has 1 aromatic heterocycles. The van der Waals surface area contributed by atoms with Crippen LogP contribution in [0, 0.1) is 0 Å². The smallest absolute Gasteiger partial charge is 0.267 e. The lowest BCUT2D eigenvalue weighted by molar-refractivity contribution is 0.744. The van der Waals surface area contributed by atoms with Gasteiger partial charge in [0.1, 0.15) is 6.20 Å². The molecule has 0 saturated heterocycles. The van der Waals surface area contributed by atoms with E-state index in [1.54, 1.807) is 0 Å². The molecule has 1 rings (SSSR count). The van der Waals surface area contributed by atoms with Gasteiger partial charge in [-0.05, 0) is 0 Å². The first-order valence-corrected chi connectivity index (χ1v) is 3.16. The van der Waals surface area contributed by atoms with Gasteiger partial charge in [0.25, 0.3) is 5.56 Å². The summed E-state index contributed by atoms with van der Waals surface area (Å²) in [7, 11) is 0. The van der Waals surface area contributed by atoms with E-state index in [4.69, 9.17) is 0 Å². The average Bonchev–Trinajstić information content (AvgIpc) is 2.06. The van der Waals surface area contributed by atoms with Crippen LogP contribution in [0.15, 0.2) is 28.9 Å². The molecule has 0 aliphatic rings. The minimum absolute atomic E-state index is 0.506. The molecular formula is C7H7N3O2. The van der Waals surface area contributed by atoms with Gasteiger partial charge in [0.05, 0.1) is 0 Å². The Balaban J connectivity index is 3.66. The van der Waals surface area contributed by atoms with Crippen molar-refractivity contribution in [1.29, 1.82) is 0 Å². The van der Waals surface area contributed by atoms with Gasteiger partial charge in [0.15, 0.2) is 0 Å². The molecule has 0 atom stereocenters. The van der Waals surface area contributed by atoms with E-state index in [9.17, 15) is 9.59 Å². The highest BCUT2D eigenvalue weighted by molar-refractivity contribution is 5.18. The fourth-order valence-electron chi connectivity index (χ4n) is 0.721. The Labute approximate surface area is 67.9 Å². The summed E-state index contributed by atoms with van der Waals surface area (Å²) in [6.45, 7) is 6.66. The third-order valence-electron chi connectivity index (χ3n) is 1.29. The van der Waals surface area contributed by atoms with Gasteiger partial charge in [-0.2, -0.15) is 9.78 Å². The van der Waals surface area contributed by atoms with Crippen LogP contribution < -0.4 is 11.2 Å². The van der Waals surface area contributed by atoms with E-state index in [0.717, 1.165) is 21.6 Å². The number of hydrogen-bond acceptors (Lipinski definition) is 3. The first-order chi connectivity index (χ1) is 5.70. The zero-order chi connectivity index (χ0) is 9.14. The van der Waals surface area contributed by atoms with Crippen LogP contribution in [-0.4, -0.2) is 14.3 Å². The molecule has 0 radical (unpaired) electrons. The Morgan fingerprint density at radius 1 is 1.33 bits per heavy atom. The van der Waals surface area contributed by atoms with Crippen molar-refractivity contribution in [2.75, 3.05) is 0 Å². The monoisotopic (exact) mass is 165 g/mol. The third kappa shape index (κ3) is 1.12. The zero-order valence-electron chi connectivity index (χ0n) is 6.30. The third-order valence-corrected chi connectivity index (χ3v) is 1.29. The van der Waals surface area contributed by atoms with E-state index >= 15 is 0 Å². The molecule has 12 heavy (non-hydrogen) atoms. The van der Waals surface area contributed by atoms with E-state index in [2.05, 4.69) is 18.3 Å². The molecule has 0 aliphatic carbocycles. The molecule has 0 aromatic carbocycles. The zero-order valence-corrected chi connectivity index (χ0v) is 6.30. The fraction of sp³-hybridized carbons (Fsp3) is 0. The Morgan fingerprint density at radius 3 is 2.50 bits per heavy atom. The van der Waals surface area contributed by atoms with E-state index in [1.165, 1.54) is 6.20 Å². The molecule has 0 fully saturated rings. The maximum atomic E-state index is 11.2. The molecule has 0 unspecified atom stereocenters. The van der Waals surface area contributed by atoms with E-state index in [0.29, 0.717) is 0 Å². The predicted octanol–water partition coefficient (Wildman–Crippen LogP) is -0.394. The van der Waals surface area contributed by atoms with Crippen molar-refractivity contribution in [3.63, 3.8) is 0 Å². The second kappa shape index (κ2) is 3.00. The van der Waals surface area contributed by atoms with E-state index in [-0.39, 0.29) is 0 Å². The molecule has 1 aromatic rings. The molecule has 0 saturated carbocycles. The largest absolute Gasteiger partial charge is 0.355 e. The van der Waals surface area contributed by atoms with Crippen LogP contribution in [0.3, 0.4) is 0 Å². The minimum Gasteiger partial charge on any atom is -0.267 e. The molecule has 5 nitrogen and oxygen atoms in total. The Morgan fingerprint density at radius 2 is 2.00 bits per heavy atom. The van der Waals surface area contributed by atoms with Gasteiger partial charge in [0, 0.05) is 12.4 Å². The van der Waals surface area contributed by atoms with Crippen molar-refractivity contribution in [3.8, 4) is 0 Å². The highest BCUT2D eigenvalue weighted by Crippen LogP contribution is 1.71. The maximum Gasteiger partial charge on any atom is 0.355 e. The van der Waals surface area contributed by atoms with Crippen LogP contribution in [-0.2, 0) is 0 Å². The predicted molar refractivity (Wildman–Crippen MR) is 45.5 cm³/mol. The van der Waals surface area contributed by atoms with Crippen molar-refractivity contribution in [1.82, 2.24) is 14.3 Å². The van der Waals surface area contributed by atoms with Gasteiger partial charge in [-0.25, -0.2) is 9.36 Å². The van der Waals surface area contributed by atoms with Crippen LogP contribution in [0.25, 0.3) is 12.4 Å². The topological polar surface area (TPSA) is 56.9 Å². The summed E-state index contributed by atoms with van der Waals surface area (Å²) in [6, 6.07) is 0. The number of hydrogen-bond donors (Lipinski definition) is 0. The molecule has 0 N–H and O–H groups in total. The lowest BCUT2D eigenvalue weighted by Crippen LogP contribution is -2.36. The Kier molecular flexibility index (Phi) is 2.05. The van der Waals surface area contributed by atoms with Gasteiger partial charge in [-0.3, -0.25) is 4.79 Å². The average molecular weight is 165 g/mol. The first kappa shape index (κ1) is 8.19. The minimum atomic E-state index is -0.576. The van der Waals surface area contributed by atoms with Crippen LogP contribution in [0.1, 0.15) is 0 Å². The second-order valence-electron chi connectivity index (χ2n) is 1.95. The first-order valence-electron chi connectivity index (χ1n) is 3.16. The number of nitrogens with zero attached hydrogens (tertiary/aromatic N) is 3. The van der Waals surface area contributed by atoms with Crippen molar-refractivity contribution in [2.45, 2.75) is 0 Å². The van der Waals surface area contributed by atoms with Crippen LogP contribution >= 0.6 is 0 Å². The molecule has 0 bridgehead atoms. The van der Waals surface area contributed by atoms with Crippen LogP contribution in [0.4, 0.5) is 0 Å². The molecule has 0 amide bonds. The molecule has 0 spiro atoms. The summed E-state index contributed by atoms with van der Waals surface area (Å²) >= 11 is 0. The summed E-state index contributed by atoms with van der Waals surface area (Å²) in [6.07, 6.45) is 3.36. The maximum absolute atomic E-state index is 11.2. The van der Waals surface area contributed by atoms with Crippen molar-refractivity contribution >= 4 is 12.4 Å². The highest BCUT2D eigenvalue weighted by atomic mass is 16.2. The van der Waals surface area contributed by atoms with Gasteiger partial charge >= 0.3 is 5.69 Å². The Bertz CT molecular complexity index is 427. The van der Waals surface area contributed by atoms with Crippen LogP contribution in [0.5, 0.6) is 0 Å². The van der Waals surface area contributed by atoms with E-state index < -0.39 is 11.2 Å². The fourth-order valence-corrected chi connectivity index (χ4v) is 0.721. The molecular weight excluding hydrogens is 158 g/mol. The summed E-state index contributed by atoms with van der Waals surface area (Å²) < 4.78 is 1.79. The van der Waals surface area contributed by atoms with Gasteiger partial charge in [0.2, 0.25) is 0 Å². The van der Waals surface area contributed by atoms with E-state index in [1.807, 2.05) is 0 Å². The summed E-state index contributed by atoms with van der Waals surface area (Å²) in [5, 5.41) is 3.51. The van der Waals surface area contributed by atoms with Crippen LogP contribution in [0.2, 0.25) is 0 Å². The normalized spacial score (nSPS) is 9.33.